The van der Waals surface area contributed by atoms with E-state index in [4.69, 9.17) is 23.2 Å². The van der Waals surface area contributed by atoms with Crippen LogP contribution in [0.2, 0.25) is 10.0 Å². The first-order valence-corrected chi connectivity index (χ1v) is 7.32. The third-order valence-corrected chi connectivity index (χ3v) is 3.71. The number of aromatic amines is 1. The highest BCUT2D eigenvalue weighted by atomic mass is 35.5. The molecule has 0 unspecified atom stereocenters. The molecule has 0 radical (unpaired) electrons. The molecule has 122 valence electrons. The summed E-state index contributed by atoms with van der Waals surface area (Å²) >= 11 is 11.5. The Hall–Kier alpha value is -2.64. The lowest BCUT2D eigenvalue weighted by Crippen LogP contribution is -2.12. The summed E-state index contributed by atoms with van der Waals surface area (Å²) in [5.74, 6) is -1.72. The van der Waals surface area contributed by atoms with Gasteiger partial charge in [0.15, 0.2) is 5.82 Å². The molecule has 3 aromatic rings. The van der Waals surface area contributed by atoms with Gasteiger partial charge in [0.2, 0.25) is 0 Å². The van der Waals surface area contributed by atoms with Crippen LogP contribution in [0.15, 0.2) is 45.7 Å². The number of amides is 1. The van der Waals surface area contributed by atoms with E-state index in [0.717, 1.165) is 12.1 Å². The first-order chi connectivity index (χ1) is 11.4. The highest BCUT2D eigenvalue weighted by Gasteiger charge is 2.14. The number of nitrogens with zero attached hydrogens (tertiary/aromatic N) is 1. The summed E-state index contributed by atoms with van der Waals surface area (Å²) in [6.07, 6.45) is 0. The highest BCUT2D eigenvalue weighted by molar-refractivity contribution is 6.37. The number of rotatable bonds is 3. The summed E-state index contributed by atoms with van der Waals surface area (Å²) in [6, 6.07) is 8.54. The fourth-order valence-corrected chi connectivity index (χ4v) is 2.43. The van der Waals surface area contributed by atoms with Gasteiger partial charge in [0, 0.05) is 11.3 Å². The van der Waals surface area contributed by atoms with E-state index in [1.807, 2.05) is 0 Å². The van der Waals surface area contributed by atoms with Crippen LogP contribution in [-0.2, 0) is 0 Å². The fraction of sp³-hybridized carbons (Fsp3) is 0. The van der Waals surface area contributed by atoms with Crippen LogP contribution < -0.4 is 11.1 Å². The molecule has 6 nitrogen and oxygen atoms in total. The zero-order valence-electron chi connectivity index (χ0n) is 11.8. The summed E-state index contributed by atoms with van der Waals surface area (Å²) in [7, 11) is 0. The maximum Gasteiger partial charge on any atom is 0.439 e. The SMILES string of the molecule is O=C(Nc1ccc(-c2noc(=O)[nH]2)cc1)c1cc(F)c(Cl)cc1Cl. The number of aromatic nitrogens is 2. The Balaban J connectivity index is 1.80. The summed E-state index contributed by atoms with van der Waals surface area (Å²) in [6.45, 7) is 0. The van der Waals surface area contributed by atoms with Gasteiger partial charge in [-0.15, -0.1) is 0 Å². The first-order valence-electron chi connectivity index (χ1n) is 6.56. The minimum Gasteiger partial charge on any atom is -0.322 e. The van der Waals surface area contributed by atoms with Crippen molar-refractivity contribution < 1.29 is 13.7 Å². The summed E-state index contributed by atoms with van der Waals surface area (Å²) in [5, 5.41) is 6.01. The van der Waals surface area contributed by atoms with Gasteiger partial charge in [-0.2, -0.15) is 0 Å². The number of anilines is 1. The molecule has 0 fully saturated rings. The Morgan fingerprint density at radius 2 is 1.88 bits per heavy atom. The molecule has 0 atom stereocenters. The lowest BCUT2D eigenvalue weighted by molar-refractivity contribution is 0.102. The molecule has 0 saturated carbocycles. The lowest BCUT2D eigenvalue weighted by Gasteiger charge is -2.08. The van der Waals surface area contributed by atoms with Gasteiger partial charge in [-0.3, -0.25) is 14.3 Å². The van der Waals surface area contributed by atoms with Crippen molar-refractivity contribution in [1.82, 2.24) is 10.1 Å². The fourth-order valence-electron chi connectivity index (χ4n) is 1.96. The van der Waals surface area contributed by atoms with E-state index in [1.54, 1.807) is 24.3 Å². The molecule has 0 saturated heterocycles. The highest BCUT2D eigenvalue weighted by Crippen LogP contribution is 2.25. The van der Waals surface area contributed by atoms with E-state index in [9.17, 15) is 14.0 Å². The Kier molecular flexibility index (Phi) is 4.37. The first kappa shape index (κ1) is 16.2. The Morgan fingerprint density at radius 1 is 1.17 bits per heavy atom. The van der Waals surface area contributed by atoms with Gasteiger partial charge in [-0.05, 0) is 36.4 Å². The molecule has 24 heavy (non-hydrogen) atoms. The molecule has 9 heteroatoms. The van der Waals surface area contributed by atoms with Crippen molar-refractivity contribution in [3.8, 4) is 11.4 Å². The quantitative estimate of drug-likeness (QED) is 0.690. The number of hydrogen-bond acceptors (Lipinski definition) is 4. The summed E-state index contributed by atoms with van der Waals surface area (Å²) in [5.41, 5.74) is 0.999. The molecule has 1 aromatic heterocycles. The Morgan fingerprint density at radius 3 is 2.50 bits per heavy atom. The van der Waals surface area contributed by atoms with Crippen LogP contribution in [0.3, 0.4) is 0 Å². The van der Waals surface area contributed by atoms with Crippen molar-refractivity contribution in [2.24, 2.45) is 0 Å². The van der Waals surface area contributed by atoms with Crippen LogP contribution in [0.5, 0.6) is 0 Å². The van der Waals surface area contributed by atoms with Gasteiger partial charge in [-0.25, -0.2) is 9.18 Å². The minimum atomic E-state index is -0.739. The molecule has 2 aromatic carbocycles. The molecule has 0 bridgehead atoms. The van der Waals surface area contributed by atoms with Crippen molar-refractivity contribution >= 4 is 34.8 Å². The summed E-state index contributed by atoms with van der Waals surface area (Å²) < 4.78 is 17.9. The average molecular weight is 368 g/mol. The van der Waals surface area contributed by atoms with Gasteiger partial charge in [0.05, 0.1) is 15.6 Å². The third-order valence-electron chi connectivity index (χ3n) is 3.11. The maximum absolute atomic E-state index is 13.5. The van der Waals surface area contributed by atoms with E-state index in [0.29, 0.717) is 11.3 Å². The second-order valence-corrected chi connectivity index (χ2v) is 5.54. The zero-order valence-corrected chi connectivity index (χ0v) is 13.3. The molecule has 3 rings (SSSR count). The van der Waals surface area contributed by atoms with Crippen LogP contribution in [0.4, 0.5) is 10.1 Å². The number of carbonyl (C=O) groups is 1. The molecular weight excluding hydrogens is 360 g/mol. The van der Waals surface area contributed by atoms with Crippen molar-refractivity contribution in [3.05, 3.63) is 68.4 Å². The van der Waals surface area contributed by atoms with Crippen LogP contribution >= 0.6 is 23.2 Å². The van der Waals surface area contributed by atoms with Crippen molar-refractivity contribution in [2.75, 3.05) is 5.32 Å². The van der Waals surface area contributed by atoms with Gasteiger partial charge in [-0.1, -0.05) is 28.4 Å². The number of benzene rings is 2. The van der Waals surface area contributed by atoms with Gasteiger partial charge >= 0.3 is 5.76 Å². The topological polar surface area (TPSA) is 88.0 Å². The maximum atomic E-state index is 13.5. The van der Waals surface area contributed by atoms with Gasteiger partial charge < -0.3 is 5.32 Å². The second-order valence-electron chi connectivity index (χ2n) is 4.72. The molecule has 0 aliphatic carbocycles. The predicted octanol–water partition coefficient (Wildman–Crippen LogP) is 3.73. The predicted molar refractivity (Wildman–Crippen MR) is 86.9 cm³/mol. The largest absolute Gasteiger partial charge is 0.439 e. The number of hydrogen-bond donors (Lipinski definition) is 2. The van der Waals surface area contributed by atoms with Gasteiger partial charge in [0.25, 0.3) is 5.91 Å². The number of nitrogens with one attached hydrogen (secondary N) is 2. The van der Waals surface area contributed by atoms with Crippen LogP contribution in [0.1, 0.15) is 10.4 Å². The monoisotopic (exact) mass is 367 g/mol. The van der Waals surface area contributed by atoms with E-state index in [-0.39, 0.29) is 21.4 Å². The van der Waals surface area contributed by atoms with E-state index < -0.39 is 17.5 Å². The molecular formula is C15H8Cl2FN3O3. The average Bonchev–Trinajstić information content (AvgIpc) is 2.98. The van der Waals surface area contributed by atoms with Crippen LogP contribution in [0, 0.1) is 5.82 Å². The van der Waals surface area contributed by atoms with Crippen LogP contribution in [-0.4, -0.2) is 16.0 Å². The van der Waals surface area contributed by atoms with Crippen molar-refractivity contribution in [1.29, 1.82) is 0 Å². The molecule has 0 spiro atoms. The molecule has 1 heterocycles. The van der Waals surface area contributed by atoms with Crippen LogP contribution in [0.25, 0.3) is 11.4 Å². The molecule has 0 aliphatic rings. The van der Waals surface area contributed by atoms with E-state index in [1.165, 1.54) is 0 Å². The lowest BCUT2D eigenvalue weighted by atomic mass is 10.1. The Labute approximate surface area is 144 Å². The number of H-pyrrole nitrogens is 1. The zero-order chi connectivity index (χ0) is 17.3. The molecule has 1 amide bonds. The van der Waals surface area contributed by atoms with E-state index >= 15 is 0 Å². The standard InChI is InChI=1S/C15H8Cl2FN3O3/c16-10-6-11(17)12(18)5-9(10)14(22)19-8-3-1-7(2-4-8)13-20-15(23)24-21-13/h1-6H,(H,19,22)(H,20,21,23). The van der Waals surface area contributed by atoms with Crippen molar-refractivity contribution in [3.63, 3.8) is 0 Å². The number of carbonyl (C=O) groups excluding carboxylic acids is 1. The normalized spacial score (nSPS) is 10.6. The van der Waals surface area contributed by atoms with Gasteiger partial charge in [0.1, 0.15) is 5.82 Å². The Bertz CT molecular complexity index is 967. The minimum absolute atomic E-state index is 0.0377. The second kappa shape index (κ2) is 6.46. The van der Waals surface area contributed by atoms with Crippen molar-refractivity contribution in [2.45, 2.75) is 0 Å². The van der Waals surface area contributed by atoms with E-state index in [2.05, 4.69) is 20.0 Å². The number of halogens is 3. The smallest absolute Gasteiger partial charge is 0.322 e. The molecule has 0 aliphatic heterocycles. The summed E-state index contributed by atoms with van der Waals surface area (Å²) in [4.78, 5) is 25.5. The molecule has 2 N–H and O–H groups in total. The third kappa shape index (κ3) is 3.32.